The van der Waals surface area contributed by atoms with Crippen LogP contribution in [0.15, 0.2) is 45.6 Å². The molecule has 1 amide bonds. The number of morpholine rings is 1. The summed E-state index contributed by atoms with van der Waals surface area (Å²) in [6.45, 7) is 8.37. The van der Waals surface area contributed by atoms with Crippen molar-refractivity contribution in [3.05, 3.63) is 46.1 Å². The number of nitrogens with one attached hydrogen (secondary N) is 1. The number of esters is 1. The van der Waals surface area contributed by atoms with Crippen molar-refractivity contribution in [2.24, 2.45) is 4.99 Å². The lowest BCUT2D eigenvalue weighted by Gasteiger charge is -2.36. The molecule has 200 valence electrons. The second-order valence-electron chi connectivity index (χ2n) is 8.71. The minimum Gasteiger partial charge on any atom is -0.493 e. The molecule has 0 aromatic heterocycles. The van der Waals surface area contributed by atoms with Gasteiger partial charge in [-0.1, -0.05) is 17.8 Å². The molecule has 37 heavy (non-hydrogen) atoms. The molecule has 1 aromatic rings. The van der Waals surface area contributed by atoms with Crippen molar-refractivity contribution in [1.29, 1.82) is 0 Å². The van der Waals surface area contributed by atoms with E-state index in [1.165, 1.54) is 11.8 Å². The van der Waals surface area contributed by atoms with E-state index in [-0.39, 0.29) is 18.9 Å². The second kappa shape index (κ2) is 12.5. The molecule has 0 radical (unpaired) electrons. The molecule has 0 spiro atoms. The first-order valence-corrected chi connectivity index (χ1v) is 13.2. The van der Waals surface area contributed by atoms with Gasteiger partial charge in [0.1, 0.15) is 0 Å². The third-order valence-corrected chi connectivity index (χ3v) is 7.30. The molecule has 3 heterocycles. The first-order chi connectivity index (χ1) is 18.0. The van der Waals surface area contributed by atoms with Crippen LogP contribution in [0.3, 0.4) is 0 Å². The summed E-state index contributed by atoms with van der Waals surface area (Å²) in [6.07, 6.45) is 0.161. The van der Waals surface area contributed by atoms with E-state index >= 15 is 0 Å². The number of carbonyl (C=O) groups excluding carboxylic acids is 2. The Morgan fingerprint density at radius 1 is 1.19 bits per heavy atom. The van der Waals surface area contributed by atoms with Crippen LogP contribution in [0.1, 0.15) is 31.9 Å². The number of carbonyl (C=O) groups is 2. The molecule has 10 nitrogen and oxygen atoms in total. The van der Waals surface area contributed by atoms with E-state index in [0.29, 0.717) is 34.5 Å². The number of hydrogen-bond donors (Lipinski definition) is 1. The van der Waals surface area contributed by atoms with Crippen molar-refractivity contribution in [3.8, 4) is 11.5 Å². The number of ether oxygens (including phenoxy) is 4. The normalized spacial score (nSPS) is 19.7. The fourth-order valence-corrected chi connectivity index (χ4v) is 5.55. The summed E-state index contributed by atoms with van der Waals surface area (Å²) in [5, 5.41) is 5.66. The monoisotopic (exact) mass is 530 g/mol. The van der Waals surface area contributed by atoms with E-state index in [1.807, 2.05) is 28.5 Å². The Labute approximate surface area is 221 Å². The van der Waals surface area contributed by atoms with Gasteiger partial charge in [-0.15, -0.1) is 0 Å². The van der Waals surface area contributed by atoms with Crippen LogP contribution in [0, 0.1) is 0 Å². The maximum Gasteiger partial charge on any atom is 0.338 e. The molecule has 0 aliphatic carbocycles. The molecule has 1 N–H and O–H groups in total. The molecule has 11 heteroatoms. The Morgan fingerprint density at radius 3 is 2.65 bits per heavy atom. The van der Waals surface area contributed by atoms with Gasteiger partial charge in [-0.05, 0) is 37.0 Å². The predicted molar refractivity (Wildman–Crippen MR) is 141 cm³/mol. The van der Waals surface area contributed by atoms with Gasteiger partial charge in [0.2, 0.25) is 5.91 Å². The number of fused-ring (bicyclic) bond motifs is 1. The van der Waals surface area contributed by atoms with Crippen molar-refractivity contribution in [2.45, 2.75) is 26.3 Å². The molecule has 1 fully saturated rings. The molecule has 4 rings (SSSR count). The zero-order valence-corrected chi connectivity index (χ0v) is 22.6. The van der Waals surface area contributed by atoms with Crippen LogP contribution in [0.2, 0.25) is 0 Å². The molecular formula is C26H34N4O6S. The number of allylic oxidation sites excluding steroid dienone is 1. The summed E-state index contributed by atoms with van der Waals surface area (Å²) < 4.78 is 21.7. The average molecular weight is 531 g/mol. The minimum absolute atomic E-state index is 0.0867. The molecule has 1 saturated heterocycles. The summed E-state index contributed by atoms with van der Waals surface area (Å²) in [4.78, 5) is 35.0. The summed E-state index contributed by atoms with van der Waals surface area (Å²) in [6, 6.07) is 5.02. The number of amides is 1. The lowest BCUT2D eigenvalue weighted by atomic mass is 9.93. The van der Waals surface area contributed by atoms with E-state index in [4.69, 9.17) is 18.9 Å². The van der Waals surface area contributed by atoms with Gasteiger partial charge in [0.15, 0.2) is 16.7 Å². The minimum atomic E-state index is -0.534. The van der Waals surface area contributed by atoms with Gasteiger partial charge in [0.05, 0.1) is 57.8 Å². The van der Waals surface area contributed by atoms with E-state index in [2.05, 4.69) is 15.2 Å². The zero-order valence-electron chi connectivity index (χ0n) is 21.7. The summed E-state index contributed by atoms with van der Waals surface area (Å²) >= 11 is 1.44. The molecular weight excluding hydrogens is 496 g/mol. The van der Waals surface area contributed by atoms with E-state index in [0.717, 1.165) is 44.1 Å². The van der Waals surface area contributed by atoms with Crippen molar-refractivity contribution in [3.63, 3.8) is 0 Å². The molecule has 1 aromatic carbocycles. The lowest BCUT2D eigenvalue weighted by Crippen LogP contribution is -2.42. The number of amidine groups is 1. The summed E-state index contributed by atoms with van der Waals surface area (Å²) in [5.74, 6) is 0.605. The summed E-state index contributed by atoms with van der Waals surface area (Å²) in [5.41, 5.74) is 2.58. The number of nitrogens with zero attached hydrogens (tertiary/aromatic N) is 3. The number of aliphatic imine (C=N–C) groups is 1. The van der Waals surface area contributed by atoms with Gasteiger partial charge < -0.3 is 29.2 Å². The number of benzene rings is 1. The highest BCUT2D eigenvalue weighted by Crippen LogP contribution is 2.46. The van der Waals surface area contributed by atoms with Crippen LogP contribution in [0.5, 0.6) is 11.5 Å². The van der Waals surface area contributed by atoms with E-state index < -0.39 is 12.0 Å². The van der Waals surface area contributed by atoms with Gasteiger partial charge in [-0.2, -0.15) is 0 Å². The van der Waals surface area contributed by atoms with Gasteiger partial charge >= 0.3 is 5.97 Å². The fourth-order valence-electron chi connectivity index (χ4n) is 4.58. The Morgan fingerprint density at radius 2 is 1.95 bits per heavy atom. The van der Waals surface area contributed by atoms with E-state index in [9.17, 15) is 9.59 Å². The Hall–Kier alpha value is -3.02. The molecule has 3 aliphatic rings. The van der Waals surface area contributed by atoms with Crippen LogP contribution in [0.4, 0.5) is 0 Å². The van der Waals surface area contributed by atoms with Gasteiger partial charge in [-0.3, -0.25) is 9.69 Å². The molecule has 1 atom stereocenters. The van der Waals surface area contributed by atoms with Crippen molar-refractivity contribution >= 4 is 28.8 Å². The van der Waals surface area contributed by atoms with Crippen LogP contribution < -0.4 is 14.8 Å². The van der Waals surface area contributed by atoms with Crippen molar-refractivity contribution in [1.82, 2.24) is 15.1 Å². The molecule has 0 bridgehead atoms. The van der Waals surface area contributed by atoms with Gasteiger partial charge in [-0.25, -0.2) is 9.79 Å². The predicted octanol–water partition coefficient (Wildman–Crippen LogP) is 2.68. The SMILES string of the molecule is CCOC(=O)C1=C(C)N=C2SC=C(CC(=O)NCCN3CCOCC3)N2[C@H]1c1ccc(OC)c(OC)c1. The standard InChI is InChI=1S/C26H34N4O6S/c1-5-36-25(32)23-17(2)28-26-30(24(23)18-6-7-20(33-3)21(14-18)34-4)19(16-37-26)15-22(31)27-8-9-29-10-12-35-13-11-29/h6-7,14,16,24H,5,8-13,15H2,1-4H3,(H,27,31)/t24-/m0/s1. The Bertz CT molecular complexity index is 1110. The van der Waals surface area contributed by atoms with Gasteiger partial charge in [0.25, 0.3) is 0 Å². The molecule has 0 saturated carbocycles. The first kappa shape index (κ1) is 27.0. The number of thioether (sulfide) groups is 1. The van der Waals surface area contributed by atoms with Crippen molar-refractivity contribution < 1.29 is 28.5 Å². The highest BCUT2D eigenvalue weighted by molar-refractivity contribution is 8.16. The Kier molecular flexibility index (Phi) is 9.12. The zero-order chi connectivity index (χ0) is 26.4. The van der Waals surface area contributed by atoms with Crippen LogP contribution in [-0.4, -0.2) is 87.1 Å². The average Bonchev–Trinajstić information content (AvgIpc) is 3.29. The number of methoxy groups -OCH3 is 2. The van der Waals surface area contributed by atoms with Crippen LogP contribution in [-0.2, 0) is 19.1 Å². The largest absolute Gasteiger partial charge is 0.493 e. The highest BCUT2D eigenvalue weighted by Gasteiger charge is 2.41. The highest BCUT2D eigenvalue weighted by atomic mass is 32.2. The fraction of sp³-hybridized carbons (Fsp3) is 0.500. The van der Waals surface area contributed by atoms with Crippen LogP contribution in [0.25, 0.3) is 0 Å². The lowest BCUT2D eigenvalue weighted by molar-refractivity contribution is -0.139. The Balaban J connectivity index is 1.57. The topological polar surface area (TPSA) is 102 Å². The van der Waals surface area contributed by atoms with E-state index in [1.54, 1.807) is 28.1 Å². The third-order valence-electron chi connectivity index (χ3n) is 6.41. The second-order valence-corrected chi connectivity index (χ2v) is 9.55. The smallest absolute Gasteiger partial charge is 0.338 e. The quantitative estimate of drug-likeness (QED) is 0.458. The number of hydrogen-bond acceptors (Lipinski definition) is 10. The van der Waals surface area contributed by atoms with Gasteiger partial charge in [0, 0.05) is 31.9 Å². The number of rotatable bonds is 10. The maximum absolute atomic E-state index is 13.1. The molecule has 3 aliphatic heterocycles. The molecule has 0 unspecified atom stereocenters. The third kappa shape index (κ3) is 6.11. The van der Waals surface area contributed by atoms with Crippen LogP contribution >= 0.6 is 11.8 Å². The first-order valence-electron chi connectivity index (χ1n) is 12.4. The maximum atomic E-state index is 13.1. The summed E-state index contributed by atoms with van der Waals surface area (Å²) in [7, 11) is 3.15. The van der Waals surface area contributed by atoms with Crippen molar-refractivity contribution in [2.75, 3.05) is 60.2 Å².